The molecule has 0 saturated carbocycles. The number of nitrogens with zero attached hydrogens (tertiary/aromatic N) is 5. The highest BCUT2D eigenvalue weighted by atomic mass is 19.1. The first-order valence-corrected chi connectivity index (χ1v) is 18.0. The number of benzene rings is 1. The standard InChI is InChI=1S/C37H56F2N8O2/c1-26(35(2,3)4)43-33(48)9-7-8-14-40-31-21-32(42-25-41-31)46-17-12-37(13-18-46)24-47(23-34(49)44-37)30-20-28(38)27(19-29(30)39)22-45-15-10-36(5,6)11-16-45/h19-21,25-26H,7-18,22-24H2,1-6H3,(H,43,48)(H,44,49)(H,40,41,42). The van der Waals surface area contributed by atoms with E-state index in [4.69, 9.17) is 0 Å². The van der Waals surface area contributed by atoms with Gasteiger partial charge in [-0.1, -0.05) is 34.6 Å². The molecule has 1 atom stereocenters. The van der Waals surface area contributed by atoms with Crippen molar-refractivity contribution in [2.75, 3.05) is 60.9 Å². The molecular weight excluding hydrogens is 626 g/mol. The lowest BCUT2D eigenvalue weighted by Gasteiger charge is -2.48. The minimum absolute atomic E-state index is 0.00989. The Labute approximate surface area is 290 Å². The van der Waals surface area contributed by atoms with Gasteiger partial charge in [0.2, 0.25) is 11.8 Å². The smallest absolute Gasteiger partial charge is 0.240 e. The van der Waals surface area contributed by atoms with Gasteiger partial charge in [0.25, 0.3) is 0 Å². The van der Waals surface area contributed by atoms with Gasteiger partial charge in [-0.2, -0.15) is 0 Å². The van der Waals surface area contributed by atoms with Crippen molar-refractivity contribution in [2.24, 2.45) is 10.8 Å². The van der Waals surface area contributed by atoms with Gasteiger partial charge in [0.1, 0.15) is 29.6 Å². The second-order valence-electron chi connectivity index (χ2n) is 16.3. The molecule has 12 heteroatoms. The van der Waals surface area contributed by atoms with Gasteiger partial charge >= 0.3 is 0 Å². The van der Waals surface area contributed by atoms with Crippen LogP contribution in [0.4, 0.5) is 26.1 Å². The Bertz CT molecular complexity index is 1460. The van der Waals surface area contributed by atoms with E-state index in [1.807, 2.05) is 13.0 Å². The molecule has 0 radical (unpaired) electrons. The van der Waals surface area contributed by atoms with E-state index in [9.17, 15) is 9.59 Å². The van der Waals surface area contributed by atoms with Crippen LogP contribution in [0.1, 0.15) is 92.1 Å². The summed E-state index contributed by atoms with van der Waals surface area (Å²) in [6.45, 7) is 17.4. The van der Waals surface area contributed by atoms with Crippen LogP contribution < -0.4 is 25.8 Å². The largest absolute Gasteiger partial charge is 0.370 e. The number of carbonyl (C=O) groups is 2. The van der Waals surface area contributed by atoms with Crippen molar-refractivity contribution in [3.05, 3.63) is 41.7 Å². The molecule has 0 aliphatic carbocycles. The molecule has 1 unspecified atom stereocenters. The first-order chi connectivity index (χ1) is 23.1. The van der Waals surface area contributed by atoms with Crippen molar-refractivity contribution in [2.45, 2.75) is 105 Å². The number of piperidine rings is 2. The number of anilines is 3. The summed E-state index contributed by atoms with van der Waals surface area (Å²) in [5, 5.41) is 9.61. The predicted octanol–water partition coefficient (Wildman–Crippen LogP) is 5.49. The van der Waals surface area contributed by atoms with Gasteiger partial charge in [0.05, 0.1) is 17.8 Å². The van der Waals surface area contributed by atoms with E-state index < -0.39 is 17.2 Å². The molecule has 5 rings (SSSR count). The normalized spacial score (nSPS) is 20.2. The predicted molar refractivity (Wildman–Crippen MR) is 191 cm³/mol. The molecule has 1 aromatic carbocycles. The number of halogens is 2. The molecular formula is C37H56F2N8O2. The highest BCUT2D eigenvalue weighted by Crippen LogP contribution is 2.34. The van der Waals surface area contributed by atoms with Crippen LogP contribution in [0.2, 0.25) is 0 Å². The molecule has 3 N–H and O–H groups in total. The minimum atomic E-state index is -0.543. The highest BCUT2D eigenvalue weighted by molar-refractivity contribution is 5.84. The van der Waals surface area contributed by atoms with Gasteiger partial charge in [0, 0.05) is 62.9 Å². The molecule has 2 amide bonds. The number of carbonyl (C=O) groups excluding carboxylic acids is 2. The molecule has 49 heavy (non-hydrogen) atoms. The van der Waals surface area contributed by atoms with Crippen LogP contribution in [0, 0.1) is 22.5 Å². The zero-order valence-corrected chi connectivity index (χ0v) is 30.3. The Balaban J connectivity index is 1.12. The summed E-state index contributed by atoms with van der Waals surface area (Å²) in [5.41, 5.74) is 0.271. The van der Waals surface area contributed by atoms with E-state index in [-0.39, 0.29) is 40.9 Å². The summed E-state index contributed by atoms with van der Waals surface area (Å²) in [4.78, 5) is 40.1. The SMILES string of the molecule is CC(NC(=O)CCCCNc1cc(N2CCC3(CC2)CN(c2cc(F)c(CN4CCC(C)(C)CC4)cc2F)CC(=O)N3)ncn1)C(C)(C)C. The van der Waals surface area contributed by atoms with E-state index in [1.54, 1.807) is 11.2 Å². The van der Waals surface area contributed by atoms with Crippen LogP contribution in [0.3, 0.4) is 0 Å². The summed E-state index contributed by atoms with van der Waals surface area (Å²) >= 11 is 0. The van der Waals surface area contributed by atoms with Crippen LogP contribution in [-0.4, -0.2) is 84.1 Å². The maximum absolute atomic E-state index is 15.5. The molecule has 3 aliphatic heterocycles. The fourth-order valence-corrected chi connectivity index (χ4v) is 6.86. The van der Waals surface area contributed by atoms with E-state index in [0.717, 1.165) is 50.4 Å². The second-order valence-corrected chi connectivity index (χ2v) is 16.3. The van der Waals surface area contributed by atoms with Crippen LogP contribution >= 0.6 is 0 Å². The van der Waals surface area contributed by atoms with E-state index in [0.29, 0.717) is 57.5 Å². The quantitative estimate of drug-likeness (QED) is 0.268. The average Bonchev–Trinajstić information content (AvgIpc) is 3.03. The molecule has 3 saturated heterocycles. The molecule has 0 bridgehead atoms. The Morgan fingerprint density at radius 2 is 1.69 bits per heavy atom. The van der Waals surface area contributed by atoms with E-state index in [2.05, 4.69) is 70.3 Å². The summed E-state index contributed by atoms with van der Waals surface area (Å²) in [5.74, 6) is 0.487. The van der Waals surface area contributed by atoms with Crippen molar-refractivity contribution in [1.29, 1.82) is 0 Å². The van der Waals surface area contributed by atoms with Gasteiger partial charge in [-0.3, -0.25) is 14.5 Å². The third kappa shape index (κ3) is 9.80. The topological polar surface area (TPSA) is 106 Å². The second kappa shape index (κ2) is 15.1. The molecule has 1 aromatic heterocycles. The van der Waals surface area contributed by atoms with Gasteiger partial charge < -0.3 is 25.8 Å². The Hall–Kier alpha value is -3.54. The molecule has 10 nitrogen and oxygen atoms in total. The average molecular weight is 683 g/mol. The van der Waals surface area contributed by atoms with Crippen molar-refractivity contribution in [3.8, 4) is 0 Å². The monoisotopic (exact) mass is 682 g/mol. The summed E-state index contributed by atoms with van der Waals surface area (Å²) < 4.78 is 30.9. The van der Waals surface area contributed by atoms with Gasteiger partial charge in [-0.25, -0.2) is 18.7 Å². The lowest BCUT2D eigenvalue weighted by atomic mass is 9.82. The van der Waals surface area contributed by atoms with Crippen molar-refractivity contribution in [3.63, 3.8) is 0 Å². The number of hydrogen-bond acceptors (Lipinski definition) is 8. The molecule has 3 fully saturated rings. The Morgan fingerprint density at radius 1 is 0.980 bits per heavy atom. The molecule has 4 heterocycles. The molecule has 270 valence electrons. The number of piperazine rings is 1. The van der Waals surface area contributed by atoms with Crippen molar-refractivity contribution in [1.82, 2.24) is 25.5 Å². The number of unbranched alkanes of at least 4 members (excludes halogenated alkanes) is 1. The number of hydrogen-bond donors (Lipinski definition) is 3. The Morgan fingerprint density at radius 3 is 2.39 bits per heavy atom. The minimum Gasteiger partial charge on any atom is -0.370 e. The highest BCUT2D eigenvalue weighted by Gasteiger charge is 2.42. The number of amides is 2. The Kier molecular flexibility index (Phi) is 11.4. The first-order valence-electron chi connectivity index (χ1n) is 18.0. The summed E-state index contributed by atoms with van der Waals surface area (Å²) in [6, 6.07) is 4.63. The van der Waals surface area contributed by atoms with Crippen LogP contribution in [0.5, 0.6) is 0 Å². The van der Waals surface area contributed by atoms with Gasteiger partial charge in [0.15, 0.2) is 0 Å². The first kappa shape index (κ1) is 36.7. The van der Waals surface area contributed by atoms with E-state index >= 15 is 8.78 Å². The third-order valence-electron chi connectivity index (χ3n) is 10.8. The molecule has 1 spiro atoms. The number of rotatable bonds is 11. The maximum Gasteiger partial charge on any atom is 0.240 e. The van der Waals surface area contributed by atoms with Gasteiger partial charge in [-0.05, 0) is 75.4 Å². The lowest BCUT2D eigenvalue weighted by molar-refractivity contribution is -0.123. The molecule has 2 aromatic rings. The van der Waals surface area contributed by atoms with Gasteiger partial charge in [-0.15, -0.1) is 0 Å². The zero-order valence-electron chi connectivity index (χ0n) is 30.3. The number of nitrogens with one attached hydrogen (secondary N) is 3. The number of likely N-dealkylation sites (tertiary alicyclic amines) is 1. The maximum atomic E-state index is 15.5. The van der Waals surface area contributed by atoms with Crippen LogP contribution in [0.15, 0.2) is 24.5 Å². The van der Waals surface area contributed by atoms with Crippen LogP contribution in [-0.2, 0) is 16.1 Å². The van der Waals surface area contributed by atoms with Crippen molar-refractivity contribution >= 4 is 29.1 Å². The van der Waals surface area contributed by atoms with Crippen LogP contribution in [0.25, 0.3) is 0 Å². The fourth-order valence-electron chi connectivity index (χ4n) is 6.86. The van der Waals surface area contributed by atoms with Crippen molar-refractivity contribution < 1.29 is 18.4 Å². The molecule has 3 aliphatic rings. The third-order valence-corrected chi connectivity index (χ3v) is 10.8. The zero-order chi connectivity index (χ0) is 35.4. The fraction of sp³-hybridized carbons (Fsp3) is 0.676. The summed E-state index contributed by atoms with van der Waals surface area (Å²) in [6.07, 6.45) is 7.01. The van der Waals surface area contributed by atoms with E-state index in [1.165, 1.54) is 12.1 Å². The lowest BCUT2D eigenvalue weighted by Crippen LogP contribution is -2.66. The number of aromatic nitrogens is 2. The summed E-state index contributed by atoms with van der Waals surface area (Å²) in [7, 11) is 0.